The minimum absolute atomic E-state index is 0.0488. The third-order valence-corrected chi connectivity index (χ3v) is 1.65. The van der Waals surface area contributed by atoms with Gasteiger partial charge in [0.25, 0.3) is 0 Å². The van der Waals surface area contributed by atoms with Crippen molar-refractivity contribution in [3.63, 3.8) is 0 Å². The zero-order valence-electron chi connectivity index (χ0n) is 8.49. The van der Waals surface area contributed by atoms with Crippen LogP contribution in [0.5, 0.6) is 0 Å². The molecular formula is C9H16O5. The molecule has 5 nitrogen and oxygen atoms in total. The number of hydrogen-bond acceptors (Lipinski definition) is 4. The molecule has 0 radical (unpaired) electrons. The number of methoxy groups -OCH3 is 1. The number of ether oxygens (including phenoxy) is 2. The van der Waals surface area contributed by atoms with Gasteiger partial charge in [-0.15, -0.1) is 0 Å². The summed E-state index contributed by atoms with van der Waals surface area (Å²) in [5, 5.41) is 8.61. The number of ketones is 1. The van der Waals surface area contributed by atoms with Crippen molar-refractivity contribution in [1.29, 1.82) is 0 Å². The SMILES string of the molecule is CCC(OCCC(=O)COC)C(=O)O. The minimum Gasteiger partial charge on any atom is -0.479 e. The number of hydrogen-bond donors (Lipinski definition) is 1. The lowest BCUT2D eigenvalue weighted by Crippen LogP contribution is -2.24. The van der Waals surface area contributed by atoms with Gasteiger partial charge in [0.05, 0.1) is 6.61 Å². The van der Waals surface area contributed by atoms with Crippen molar-refractivity contribution in [2.45, 2.75) is 25.9 Å². The van der Waals surface area contributed by atoms with Gasteiger partial charge in [-0.05, 0) is 6.42 Å². The van der Waals surface area contributed by atoms with Crippen LogP contribution < -0.4 is 0 Å². The molecule has 1 atom stereocenters. The molecule has 0 saturated heterocycles. The fraction of sp³-hybridized carbons (Fsp3) is 0.778. The second-order valence-corrected chi connectivity index (χ2v) is 2.83. The minimum atomic E-state index is -0.994. The number of carbonyl (C=O) groups is 2. The summed E-state index contributed by atoms with van der Waals surface area (Å²) in [5.74, 6) is -1.08. The Kier molecular flexibility index (Phi) is 6.96. The summed E-state index contributed by atoms with van der Waals surface area (Å²) in [5.41, 5.74) is 0. The summed E-state index contributed by atoms with van der Waals surface area (Å²) in [6, 6.07) is 0. The van der Waals surface area contributed by atoms with Crippen molar-refractivity contribution in [3.05, 3.63) is 0 Å². The smallest absolute Gasteiger partial charge is 0.332 e. The highest BCUT2D eigenvalue weighted by atomic mass is 16.5. The van der Waals surface area contributed by atoms with Crippen LogP contribution in [0.1, 0.15) is 19.8 Å². The van der Waals surface area contributed by atoms with Crippen LogP contribution in [-0.2, 0) is 19.1 Å². The fourth-order valence-electron chi connectivity index (χ4n) is 0.912. The summed E-state index contributed by atoms with van der Waals surface area (Å²) in [4.78, 5) is 21.4. The zero-order valence-corrected chi connectivity index (χ0v) is 8.49. The zero-order chi connectivity index (χ0) is 11.0. The quantitative estimate of drug-likeness (QED) is 0.622. The van der Waals surface area contributed by atoms with Gasteiger partial charge >= 0.3 is 5.97 Å². The predicted molar refractivity (Wildman–Crippen MR) is 49.2 cm³/mol. The Morgan fingerprint density at radius 3 is 2.50 bits per heavy atom. The van der Waals surface area contributed by atoms with E-state index in [1.54, 1.807) is 6.92 Å². The van der Waals surface area contributed by atoms with Crippen LogP contribution in [0, 0.1) is 0 Å². The molecule has 0 rings (SSSR count). The standard InChI is InChI=1S/C9H16O5/c1-3-8(9(11)12)14-5-4-7(10)6-13-2/h8H,3-6H2,1-2H3,(H,11,12). The lowest BCUT2D eigenvalue weighted by atomic mass is 10.2. The van der Waals surface area contributed by atoms with Crippen LogP contribution in [-0.4, -0.2) is 43.3 Å². The van der Waals surface area contributed by atoms with Crippen LogP contribution >= 0.6 is 0 Å². The molecule has 5 heteroatoms. The van der Waals surface area contributed by atoms with Gasteiger partial charge in [-0.25, -0.2) is 4.79 Å². The maximum atomic E-state index is 10.9. The van der Waals surface area contributed by atoms with Crippen LogP contribution in [0.4, 0.5) is 0 Å². The van der Waals surface area contributed by atoms with Crippen molar-refractivity contribution in [3.8, 4) is 0 Å². The number of aliphatic carboxylic acids is 1. The highest BCUT2D eigenvalue weighted by Crippen LogP contribution is 1.99. The van der Waals surface area contributed by atoms with Crippen LogP contribution in [0.25, 0.3) is 0 Å². The number of carboxylic acid groups (broad SMARTS) is 1. The first-order valence-corrected chi connectivity index (χ1v) is 4.46. The number of carboxylic acids is 1. The van der Waals surface area contributed by atoms with Gasteiger partial charge in [0.15, 0.2) is 11.9 Å². The summed E-state index contributed by atoms with van der Waals surface area (Å²) in [6.07, 6.45) is -0.226. The molecule has 1 N–H and O–H groups in total. The first-order valence-electron chi connectivity index (χ1n) is 4.46. The van der Waals surface area contributed by atoms with E-state index in [9.17, 15) is 9.59 Å². The van der Waals surface area contributed by atoms with Gasteiger partial charge in [-0.1, -0.05) is 6.92 Å². The molecule has 0 amide bonds. The maximum Gasteiger partial charge on any atom is 0.332 e. The Morgan fingerprint density at radius 1 is 1.43 bits per heavy atom. The van der Waals surface area contributed by atoms with Crippen molar-refractivity contribution >= 4 is 11.8 Å². The van der Waals surface area contributed by atoms with E-state index in [4.69, 9.17) is 9.84 Å². The average Bonchev–Trinajstić information content (AvgIpc) is 2.12. The molecule has 82 valence electrons. The molecule has 0 heterocycles. The Labute approximate surface area is 83.0 Å². The number of rotatable bonds is 8. The van der Waals surface area contributed by atoms with E-state index in [0.717, 1.165) is 0 Å². The van der Waals surface area contributed by atoms with Gasteiger partial charge in [0, 0.05) is 13.5 Å². The molecule has 0 spiro atoms. The average molecular weight is 204 g/mol. The first kappa shape index (κ1) is 13.1. The predicted octanol–water partition coefficient (Wildman–Crippen LogP) is 0.472. The molecule has 0 saturated carbocycles. The van der Waals surface area contributed by atoms with Gasteiger partial charge in [0.1, 0.15) is 6.61 Å². The third kappa shape index (κ3) is 5.66. The topological polar surface area (TPSA) is 72.8 Å². The Bertz CT molecular complexity index is 190. The Balaban J connectivity index is 3.61. The fourth-order valence-corrected chi connectivity index (χ4v) is 0.912. The molecule has 0 aromatic rings. The molecule has 14 heavy (non-hydrogen) atoms. The van der Waals surface area contributed by atoms with Gasteiger partial charge in [-0.3, -0.25) is 4.79 Å². The van der Waals surface area contributed by atoms with E-state index >= 15 is 0 Å². The highest BCUT2D eigenvalue weighted by molar-refractivity contribution is 5.79. The molecule has 0 aliphatic carbocycles. The normalized spacial score (nSPS) is 12.4. The van der Waals surface area contributed by atoms with Crippen molar-refractivity contribution < 1.29 is 24.2 Å². The largest absolute Gasteiger partial charge is 0.479 e. The van der Waals surface area contributed by atoms with Crippen LogP contribution in [0.3, 0.4) is 0 Å². The molecule has 0 aromatic heterocycles. The Morgan fingerprint density at radius 2 is 2.07 bits per heavy atom. The van der Waals surface area contributed by atoms with Crippen molar-refractivity contribution in [1.82, 2.24) is 0 Å². The van der Waals surface area contributed by atoms with Crippen molar-refractivity contribution in [2.24, 2.45) is 0 Å². The van der Waals surface area contributed by atoms with Crippen LogP contribution in [0.15, 0.2) is 0 Å². The number of carbonyl (C=O) groups excluding carboxylic acids is 1. The monoisotopic (exact) mass is 204 g/mol. The van der Waals surface area contributed by atoms with Gasteiger partial charge < -0.3 is 14.6 Å². The Hall–Kier alpha value is -0.940. The third-order valence-electron chi connectivity index (χ3n) is 1.65. The molecule has 0 aliphatic heterocycles. The molecular weight excluding hydrogens is 188 g/mol. The van der Waals surface area contributed by atoms with E-state index in [2.05, 4.69) is 4.74 Å². The lowest BCUT2D eigenvalue weighted by Gasteiger charge is -2.10. The summed E-state index contributed by atoms with van der Waals surface area (Å²) in [6.45, 7) is 1.90. The second kappa shape index (κ2) is 7.46. The maximum absolute atomic E-state index is 10.9. The van der Waals surface area contributed by atoms with E-state index < -0.39 is 12.1 Å². The molecule has 0 aliphatic rings. The molecule has 0 fully saturated rings. The van der Waals surface area contributed by atoms with Crippen molar-refractivity contribution in [2.75, 3.05) is 20.3 Å². The second-order valence-electron chi connectivity index (χ2n) is 2.83. The lowest BCUT2D eigenvalue weighted by molar-refractivity contribution is -0.151. The van der Waals surface area contributed by atoms with Gasteiger partial charge in [0.2, 0.25) is 0 Å². The summed E-state index contributed by atoms with van der Waals surface area (Å²) < 4.78 is 9.61. The van der Waals surface area contributed by atoms with Gasteiger partial charge in [-0.2, -0.15) is 0 Å². The number of Topliss-reactive ketones (excluding diaryl/α,β-unsaturated/α-hetero) is 1. The molecule has 0 bridgehead atoms. The molecule has 0 aromatic carbocycles. The van der Waals surface area contributed by atoms with E-state index in [-0.39, 0.29) is 25.4 Å². The first-order chi connectivity index (χ1) is 6.61. The van der Waals surface area contributed by atoms with E-state index in [1.807, 2.05) is 0 Å². The van der Waals surface area contributed by atoms with Crippen LogP contribution in [0.2, 0.25) is 0 Å². The summed E-state index contributed by atoms with van der Waals surface area (Å²) >= 11 is 0. The summed E-state index contributed by atoms with van der Waals surface area (Å²) in [7, 11) is 1.44. The van der Waals surface area contributed by atoms with E-state index in [0.29, 0.717) is 6.42 Å². The van der Waals surface area contributed by atoms with E-state index in [1.165, 1.54) is 7.11 Å². The highest BCUT2D eigenvalue weighted by Gasteiger charge is 2.15. The molecule has 1 unspecified atom stereocenters.